The molecule has 11 nitrogen and oxygen atoms in total. The summed E-state index contributed by atoms with van der Waals surface area (Å²) in [6.07, 6.45) is 2.34. The Bertz CT molecular complexity index is 1120. The Balaban J connectivity index is 1.55. The number of alkyl carbamates (subject to hydrolysis) is 1. The van der Waals surface area contributed by atoms with E-state index in [2.05, 4.69) is 25.4 Å². The van der Waals surface area contributed by atoms with Crippen LogP contribution in [-0.4, -0.2) is 70.8 Å². The second-order valence-electron chi connectivity index (χ2n) is 9.05. The molecule has 3 amide bonds. The number of hydrogen-bond acceptors (Lipinski definition) is 7. The summed E-state index contributed by atoms with van der Waals surface area (Å²) in [5.41, 5.74) is 0.130. The van der Waals surface area contributed by atoms with Crippen molar-refractivity contribution in [1.29, 1.82) is 0 Å². The predicted molar refractivity (Wildman–Crippen MR) is 128 cm³/mol. The molecule has 1 unspecified atom stereocenters. The molecule has 1 fully saturated rings. The quantitative estimate of drug-likeness (QED) is 0.437. The number of aromatic nitrogens is 2. The summed E-state index contributed by atoms with van der Waals surface area (Å²) in [6, 6.07) is 5.13. The third-order valence-corrected chi connectivity index (χ3v) is 5.17. The molecule has 11 heteroatoms. The Hall–Kier alpha value is -3.94. The highest BCUT2D eigenvalue weighted by Crippen LogP contribution is 2.22. The zero-order valence-electron chi connectivity index (χ0n) is 20.2. The zero-order valence-corrected chi connectivity index (χ0v) is 20.2. The second-order valence-corrected chi connectivity index (χ2v) is 9.05. The average Bonchev–Trinajstić information content (AvgIpc) is 3.29. The fraction of sp³-hybridized carbons (Fsp3) is 0.500. The first-order valence-corrected chi connectivity index (χ1v) is 11.5. The average molecular weight is 483 g/mol. The van der Waals surface area contributed by atoms with Crippen LogP contribution >= 0.6 is 0 Å². The number of rotatable bonds is 8. The van der Waals surface area contributed by atoms with Gasteiger partial charge in [0, 0.05) is 24.9 Å². The molecule has 3 rings (SSSR count). The van der Waals surface area contributed by atoms with Gasteiger partial charge in [0.1, 0.15) is 23.4 Å². The Morgan fingerprint density at radius 2 is 2.03 bits per heavy atom. The first kappa shape index (κ1) is 25.7. The summed E-state index contributed by atoms with van der Waals surface area (Å²) in [5.74, 6) is -0.283. The summed E-state index contributed by atoms with van der Waals surface area (Å²) in [4.78, 5) is 50.1. The van der Waals surface area contributed by atoms with Crippen molar-refractivity contribution >= 4 is 28.8 Å². The monoisotopic (exact) mass is 482 g/mol. The highest BCUT2D eigenvalue weighted by atomic mass is 16.6. The summed E-state index contributed by atoms with van der Waals surface area (Å²) in [5, 5.41) is 5.76. The molecule has 1 aliphatic heterocycles. The predicted octanol–water partition coefficient (Wildman–Crippen LogP) is 2.52. The van der Waals surface area contributed by atoms with Gasteiger partial charge in [0.15, 0.2) is 0 Å². The van der Waals surface area contributed by atoms with E-state index in [1.165, 1.54) is 11.2 Å². The van der Waals surface area contributed by atoms with Gasteiger partial charge < -0.3 is 20.1 Å². The minimum atomic E-state index is -0.556. The van der Waals surface area contributed by atoms with E-state index >= 15 is 0 Å². The van der Waals surface area contributed by atoms with Crippen LogP contribution in [-0.2, 0) is 9.53 Å². The molecule has 2 N–H and O–H groups in total. The summed E-state index contributed by atoms with van der Waals surface area (Å²) in [7, 11) is 0. The second kappa shape index (κ2) is 11.5. The SMILES string of the molecule is [C-]#[N+]C1CCCN1C(=O)CNC(=O)c1ncnc2ccc(OCCCNC(=O)OC(C)(C)C)cc12. The standard InChI is InChI=1S/C24H30N6O5/c1-24(2,3)35-23(33)26-10-6-12-34-16-8-9-18-17(13-16)21(29-15-28-18)22(32)27-14-20(31)30-11-5-7-19(30)25-4/h8-9,13,15,19H,5-7,10-12,14H2,1-3H3,(H,26,33)(H,27,32). The Labute approximate surface area is 204 Å². The molecule has 1 aromatic heterocycles. The summed E-state index contributed by atoms with van der Waals surface area (Å²) >= 11 is 0. The number of fused-ring (bicyclic) bond motifs is 1. The van der Waals surface area contributed by atoms with Crippen molar-refractivity contribution in [2.45, 2.75) is 51.8 Å². The van der Waals surface area contributed by atoms with Gasteiger partial charge in [-0.3, -0.25) is 19.3 Å². The molecule has 1 saturated heterocycles. The van der Waals surface area contributed by atoms with Crippen molar-refractivity contribution < 1.29 is 23.9 Å². The van der Waals surface area contributed by atoms with Crippen LogP contribution in [0, 0.1) is 6.57 Å². The van der Waals surface area contributed by atoms with Crippen LogP contribution in [0.2, 0.25) is 0 Å². The molecule has 35 heavy (non-hydrogen) atoms. The van der Waals surface area contributed by atoms with Crippen LogP contribution in [0.1, 0.15) is 50.5 Å². The van der Waals surface area contributed by atoms with Gasteiger partial charge in [-0.25, -0.2) is 21.3 Å². The van der Waals surface area contributed by atoms with Crippen LogP contribution in [0.5, 0.6) is 5.75 Å². The fourth-order valence-electron chi connectivity index (χ4n) is 3.59. The first-order chi connectivity index (χ1) is 16.7. The van der Waals surface area contributed by atoms with E-state index in [0.717, 1.165) is 6.42 Å². The third-order valence-electron chi connectivity index (χ3n) is 5.17. The summed E-state index contributed by atoms with van der Waals surface area (Å²) < 4.78 is 10.9. The van der Waals surface area contributed by atoms with E-state index in [1.807, 2.05) is 0 Å². The number of ether oxygens (including phenoxy) is 2. The van der Waals surface area contributed by atoms with E-state index in [4.69, 9.17) is 16.0 Å². The largest absolute Gasteiger partial charge is 0.494 e. The molecule has 2 heterocycles. The molecule has 186 valence electrons. The normalized spacial score (nSPS) is 15.4. The number of carbonyl (C=O) groups excluding carboxylic acids is 3. The summed E-state index contributed by atoms with van der Waals surface area (Å²) in [6.45, 7) is 13.6. The van der Waals surface area contributed by atoms with E-state index in [1.54, 1.807) is 39.0 Å². The Kier molecular flexibility index (Phi) is 8.41. The molecule has 0 spiro atoms. The van der Waals surface area contributed by atoms with Gasteiger partial charge >= 0.3 is 12.3 Å². The number of hydrogen-bond donors (Lipinski definition) is 2. The van der Waals surface area contributed by atoms with Crippen LogP contribution in [0.3, 0.4) is 0 Å². The maximum atomic E-state index is 12.8. The van der Waals surface area contributed by atoms with Crippen LogP contribution < -0.4 is 15.4 Å². The molecule has 1 atom stereocenters. The highest BCUT2D eigenvalue weighted by Gasteiger charge is 2.32. The number of amides is 3. The molecule has 1 aliphatic rings. The van der Waals surface area contributed by atoms with E-state index in [9.17, 15) is 14.4 Å². The Morgan fingerprint density at radius 3 is 2.77 bits per heavy atom. The van der Waals surface area contributed by atoms with Gasteiger partial charge in [0.05, 0.1) is 18.7 Å². The third kappa shape index (κ3) is 7.27. The van der Waals surface area contributed by atoms with Crippen molar-refractivity contribution in [3.63, 3.8) is 0 Å². The number of nitrogens with one attached hydrogen (secondary N) is 2. The molecular formula is C24H30N6O5. The van der Waals surface area contributed by atoms with E-state index in [0.29, 0.717) is 49.2 Å². The van der Waals surface area contributed by atoms with Crippen LogP contribution in [0.15, 0.2) is 24.5 Å². The number of benzene rings is 1. The van der Waals surface area contributed by atoms with Gasteiger partial charge in [-0.1, -0.05) is 0 Å². The minimum absolute atomic E-state index is 0.128. The maximum Gasteiger partial charge on any atom is 0.407 e. The molecule has 2 aromatic rings. The minimum Gasteiger partial charge on any atom is -0.494 e. The van der Waals surface area contributed by atoms with Gasteiger partial charge in [-0.05, 0) is 51.8 Å². The first-order valence-electron chi connectivity index (χ1n) is 11.5. The maximum absolute atomic E-state index is 12.8. The topological polar surface area (TPSA) is 127 Å². The number of nitrogens with zero attached hydrogens (tertiary/aromatic N) is 4. The lowest BCUT2D eigenvalue weighted by Crippen LogP contribution is -2.41. The lowest BCUT2D eigenvalue weighted by molar-refractivity contribution is -0.130. The van der Waals surface area contributed by atoms with Gasteiger partial charge in [0.2, 0.25) is 5.91 Å². The van der Waals surface area contributed by atoms with Crippen molar-refractivity contribution in [1.82, 2.24) is 25.5 Å². The molecule has 0 aliphatic carbocycles. The lowest BCUT2D eigenvalue weighted by atomic mass is 10.1. The number of carbonyl (C=O) groups is 3. The van der Waals surface area contributed by atoms with Crippen molar-refractivity contribution in [3.8, 4) is 5.75 Å². The van der Waals surface area contributed by atoms with E-state index < -0.39 is 23.8 Å². The van der Waals surface area contributed by atoms with Crippen molar-refractivity contribution in [2.24, 2.45) is 0 Å². The zero-order chi connectivity index (χ0) is 25.4. The molecular weight excluding hydrogens is 452 g/mol. The number of likely N-dealkylation sites (tertiary alicyclic amines) is 1. The van der Waals surface area contributed by atoms with Crippen molar-refractivity contribution in [3.05, 3.63) is 41.6 Å². The molecule has 0 bridgehead atoms. The smallest absolute Gasteiger partial charge is 0.407 e. The van der Waals surface area contributed by atoms with Gasteiger partial charge in [0.25, 0.3) is 5.91 Å². The Morgan fingerprint density at radius 1 is 1.23 bits per heavy atom. The fourth-order valence-corrected chi connectivity index (χ4v) is 3.59. The van der Waals surface area contributed by atoms with Crippen LogP contribution in [0.4, 0.5) is 4.79 Å². The molecule has 0 saturated carbocycles. The van der Waals surface area contributed by atoms with Gasteiger partial charge in [-0.15, -0.1) is 0 Å². The highest BCUT2D eigenvalue weighted by molar-refractivity contribution is 6.05. The van der Waals surface area contributed by atoms with Crippen LogP contribution in [0.25, 0.3) is 15.7 Å². The molecule has 1 aromatic carbocycles. The molecule has 0 radical (unpaired) electrons. The van der Waals surface area contributed by atoms with Crippen molar-refractivity contribution in [2.75, 3.05) is 26.2 Å². The van der Waals surface area contributed by atoms with E-state index in [-0.39, 0.29) is 18.1 Å². The lowest BCUT2D eigenvalue weighted by Gasteiger charge is -2.19. The van der Waals surface area contributed by atoms with Gasteiger partial charge in [-0.2, -0.15) is 0 Å².